The van der Waals surface area contributed by atoms with Crippen LogP contribution < -0.4 is 5.32 Å². The molecule has 0 aromatic heterocycles. The zero-order valence-electron chi connectivity index (χ0n) is 9.92. The van der Waals surface area contributed by atoms with Crippen LogP contribution in [0.1, 0.15) is 25.0 Å². The lowest BCUT2D eigenvalue weighted by Crippen LogP contribution is -2.28. The Hall–Kier alpha value is -1.74. The molecular formula is C12H13F3N2O. The van der Waals surface area contributed by atoms with Gasteiger partial charge < -0.3 is 10.4 Å². The lowest BCUT2D eigenvalue weighted by molar-refractivity contribution is -0.137. The molecule has 0 amide bonds. The van der Waals surface area contributed by atoms with Gasteiger partial charge in [-0.2, -0.15) is 18.4 Å². The summed E-state index contributed by atoms with van der Waals surface area (Å²) in [5.41, 5.74) is -1.18. The largest absolute Gasteiger partial charge is 0.417 e. The van der Waals surface area contributed by atoms with Gasteiger partial charge in [-0.15, -0.1) is 0 Å². The van der Waals surface area contributed by atoms with Crippen LogP contribution in [-0.2, 0) is 6.18 Å². The fourth-order valence-corrected chi connectivity index (χ4v) is 1.35. The van der Waals surface area contributed by atoms with Crippen LogP contribution in [0.4, 0.5) is 18.9 Å². The topological polar surface area (TPSA) is 56.0 Å². The highest BCUT2D eigenvalue weighted by molar-refractivity contribution is 5.53. The number of aliphatic hydroxyl groups is 1. The molecule has 6 heteroatoms. The second kappa shape index (κ2) is 5.27. The van der Waals surface area contributed by atoms with Crippen molar-refractivity contribution in [1.29, 1.82) is 5.26 Å². The quantitative estimate of drug-likeness (QED) is 0.876. The summed E-state index contributed by atoms with van der Waals surface area (Å²) in [5.74, 6) is 0. The third kappa shape index (κ3) is 3.37. The van der Waals surface area contributed by atoms with Crippen LogP contribution in [0.2, 0.25) is 0 Å². The fourth-order valence-electron chi connectivity index (χ4n) is 1.35. The number of rotatable bonds is 3. The summed E-state index contributed by atoms with van der Waals surface area (Å²) in [6.45, 7) is 3.18. The van der Waals surface area contributed by atoms with E-state index in [1.165, 1.54) is 19.1 Å². The second-order valence-corrected chi connectivity index (χ2v) is 4.04. The predicted molar refractivity (Wildman–Crippen MR) is 60.9 cm³/mol. The Balaban J connectivity index is 3.09. The Morgan fingerprint density at radius 3 is 2.39 bits per heavy atom. The fraction of sp³-hybridized carbons (Fsp3) is 0.417. The lowest BCUT2D eigenvalue weighted by atomic mass is 10.1. The number of hydrogen-bond donors (Lipinski definition) is 2. The molecule has 3 nitrogen and oxygen atoms in total. The molecule has 0 saturated carbocycles. The monoisotopic (exact) mass is 258 g/mol. The Bertz CT molecular complexity index is 463. The summed E-state index contributed by atoms with van der Waals surface area (Å²) >= 11 is 0. The summed E-state index contributed by atoms with van der Waals surface area (Å²) in [4.78, 5) is 0. The first-order chi connectivity index (χ1) is 8.25. The maximum atomic E-state index is 12.7. The van der Waals surface area contributed by atoms with Crippen LogP contribution in [0, 0.1) is 11.3 Å². The average Bonchev–Trinajstić information content (AvgIpc) is 2.27. The summed E-state index contributed by atoms with van der Waals surface area (Å²) in [5, 5.41) is 20.7. The molecule has 18 heavy (non-hydrogen) atoms. The van der Waals surface area contributed by atoms with Gasteiger partial charge >= 0.3 is 6.18 Å². The van der Waals surface area contributed by atoms with Crippen molar-refractivity contribution in [2.75, 3.05) is 5.32 Å². The highest BCUT2D eigenvalue weighted by Crippen LogP contribution is 2.33. The molecule has 0 saturated heterocycles. The number of aliphatic hydroxyl groups excluding tert-OH is 1. The summed E-state index contributed by atoms with van der Waals surface area (Å²) < 4.78 is 38.0. The van der Waals surface area contributed by atoms with Crippen molar-refractivity contribution in [3.05, 3.63) is 29.3 Å². The van der Waals surface area contributed by atoms with Crippen LogP contribution in [0.5, 0.6) is 0 Å². The van der Waals surface area contributed by atoms with Gasteiger partial charge in [0.1, 0.15) is 0 Å². The molecule has 2 atom stereocenters. The van der Waals surface area contributed by atoms with E-state index in [1.54, 1.807) is 6.92 Å². The van der Waals surface area contributed by atoms with E-state index in [-0.39, 0.29) is 11.7 Å². The zero-order chi connectivity index (χ0) is 13.9. The molecule has 0 radical (unpaired) electrons. The van der Waals surface area contributed by atoms with Gasteiger partial charge in [0.25, 0.3) is 0 Å². The normalized spacial score (nSPS) is 14.7. The van der Waals surface area contributed by atoms with Gasteiger partial charge in [-0.05, 0) is 32.0 Å². The number of hydrogen-bond acceptors (Lipinski definition) is 3. The van der Waals surface area contributed by atoms with Crippen molar-refractivity contribution in [3.63, 3.8) is 0 Å². The number of anilines is 1. The molecule has 0 bridgehead atoms. The van der Waals surface area contributed by atoms with Crippen LogP contribution in [0.25, 0.3) is 0 Å². The van der Waals surface area contributed by atoms with Crippen molar-refractivity contribution in [2.24, 2.45) is 0 Å². The number of nitrogens with one attached hydrogen (secondary N) is 1. The van der Waals surface area contributed by atoms with E-state index in [2.05, 4.69) is 5.32 Å². The minimum absolute atomic E-state index is 0.217. The van der Waals surface area contributed by atoms with Crippen LogP contribution in [0.3, 0.4) is 0 Å². The van der Waals surface area contributed by atoms with E-state index in [9.17, 15) is 18.3 Å². The Labute approximate surface area is 103 Å². The predicted octanol–water partition coefficient (Wildman–Crippen LogP) is 2.76. The molecule has 1 aromatic rings. The van der Waals surface area contributed by atoms with Crippen molar-refractivity contribution < 1.29 is 18.3 Å². The number of alkyl halides is 3. The lowest BCUT2D eigenvalue weighted by Gasteiger charge is -2.19. The first-order valence-electron chi connectivity index (χ1n) is 5.31. The van der Waals surface area contributed by atoms with Crippen LogP contribution in [-0.4, -0.2) is 17.3 Å². The van der Waals surface area contributed by atoms with Crippen molar-refractivity contribution in [2.45, 2.75) is 32.2 Å². The molecule has 0 spiro atoms. The molecule has 0 aliphatic rings. The van der Waals surface area contributed by atoms with E-state index in [4.69, 9.17) is 5.26 Å². The molecular weight excluding hydrogens is 245 g/mol. The molecule has 1 aromatic carbocycles. The van der Waals surface area contributed by atoms with Crippen molar-refractivity contribution >= 4 is 5.69 Å². The van der Waals surface area contributed by atoms with Gasteiger partial charge in [0, 0.05) is 11.7 Å². The van der Waals surface area contributed by atoms with E-state index in [0.29, 0.717) is 0 Å². The number of benzene rings is 1. The summed E-state index contributed by atoms with van der Waals surface area (Å²) in [6.07, 6.45) is -5.27. The molecule has 1 rings (SSSR count). The molecule has 0 unspecified atom stereocenters. The maximum Gasteiger partial charge on any atom is 0.417 e. The molecule has 0 heterocycles. The van der Waals surface area contributed by atoms with E-state index in [1.807, 2.05) is 0 Å². The van der Waals surface area contributed by atoms with Crippen LogP contribution in [0.15, 0.2) is 18.2 Å². The molecule has 0 aliphatic carbocycles. The highest BCUT2D eigenvalue weighted by Gasteiger charge is 2.33. The van der Waals surface area contributed by atoms with Gasteiger partial charge in [0.05, 0.1) is 23.3 Å². The van der Waals surface area contributed by atoms with Gasteiger partial charge in [0.15, 0.2) is 0 Å². The van der Waals surface area contributed by atoms with Gasteiger partial charge in [0.2, 0.25) is 0 Å². The van der Waals surface area contributed by atoms with Gasteiger partial charge in [-0.25, -0.2) is 0 Å². The zero-order valence-corrected chi connectivity index (χ0v) is 9.92. The SMILES string of the molecule is C[C@H](O)[C@H](C)Nc1ccc(C#N)c(C(F)(F)F)c1. The Morgan fingerprint density at radius 2 is 1.94 bits per heavy atom. The smallest absolute Gasteiger partial charge is 0.391 e. The third-order valence-electron chi connectivity index (χ3n) is 2.56. The number of halogens is 3. The first-order valence-corrected chi connectivity index (χ1v) is 5.31. The minimum atomic E-state index is -4.57. The number of nitrogens with zero attached hydrogens (tertiary/aromatic N) is 1. The summed E-state index contributed by atoms with van der Waals surface area (Å²) in [7, 11) is 0. The summed E-state index contributed by atoms with van der Waals surface area (Å²) in [6, 6.07) is 4.48. The van der Waals surface area contributed by atoms with E-state index in [0.717, 1.165) is 12.1 Å². The van der Waals surface area contributed by atoms with Crippen molar-refractivity contribution in [3.8, 4) is 6.07 Å². The van der Waals surface area contributed by atoms with Crippen LogP contribution >= 0.6 is 0 Å². The second-order valence-electron chi connectivity index (χ2n) is 4.04. The molecule has 0 fully saturated rings. The Kier molecular flexibility index (Phi) is 4.19. The minimum Gasteiger partial charge on any atom is -0.391 e. The highest BCUT2D eigenvalue weighted by atomic mass is 19.4. The third-order valence-corrected chi connectivity index (χ3v) is 2.56. The van der Waals surface area contributed by atoms with E-state index >= 15 is 0 Å². The van der Waals surface area contributed by atoms with Gasteiger partial charge in [-0.1, -0.05) is 0 Å². The number of nitriles is 1. The van der Waals surface area contributed by atoms with Crippen molar-refractivity contribution in [1.82, 2.24) is 0 Å². The average molecular weight is 258 g/mol. The molecule has 98 valence electrons. The maximum absolute atomic E-state index is 12.7. The standard InChI is InChI=1S/C12H13F3N2O/c1-7(8(2)18)17-10-4-3-9(6-16)11(5-10)12(13,14)15/h3-5,7-8,17-18H,1-2H3/t7-,8-/m0/s1. The molecule has 2 N–H and O–H groups in total. The van der Waals surface area contributed by atoms with Gasteiger partial charge in [-0.3, -0.25) is 0 Å². The molecule has 0 aliphatic heterocycles. The Morgan fingerprint density at radius 1 is 1.33 bits per heavy atom. The first kappa shape index (κ1) is 14.3. The van der Waals surface area contributed by atoms with E-state index < -0.39 is 23.4 Å².